The van der Waals surface area contributed by atoms with Gasteiger partial charge in [-0.3, -0.25) is 0 Å². The molecule has 0 spiro atoms. The number of aryl methyl sites for hydroxylation is 1. The average Bonchev–Trinajstić information content (AvgIpc) is 2.30. The van der Waals surface area contributed by atoms with E-state index in [0.29, 0.717) is 26.9 Å². The summed E-state index contributed by atoms with van der Waals surface area (Å²) < 4.78 is 6.17. The normalized spacial score (nSPS) is 10.3. The molecule has 2 aromatic rings. The summed E-state index contributed by atoms with van der Waals surface area (Å²) >= 11 is 9.18. The maximum atomic E-state index is 5.90. The lowest BCUT2D eigenvalue weighted by molar-refractivity contribution is 0.455. The predicted molar refractivity (Wildman–Crippen MR) is 70.4 cm³/mol. The molecule has 0 fully saturated rings. The minimum absolute atomic E-state index is 0.328. The van der Waals surface area contributed by atoms with Gasteiger partial charge in [-0.15, -0.1) is 0 Å². The van der Waals surface area contributed by atoms with Crippen LogP contribution in [-0.4, -0.2) is 9.97 Å². The van der Waals surface area contributed by atoms with Gasteiger partial charge < -0.3 is 10.5 Å². The number of rotatable bonds is 2. The fraction of sp³-hybridized carbons (Fsp3) is 0.0909. The van der Waals surface area contributed by atoms with Crippen LogP contribution in [0.4, 0.5) is 5.82 Å². The fourth-order valence-corrected chi connectivity index (χ4v) is 1.67. The number of hydrogen-bond acceptors (Lipinski definition) is 4. The van der Waals surface area contributed by atoms with Gasteiger partial charge in [0.2, 0.25) is 5.88 Å². The first-order valence-corrected chi connectivity index (χ1v) is 5.95. The zero-order valence-corrected chi connectivity index (χ0v) is 11.3. The van der Waals surface area contributed by atoms with Crippen molar-refractivity contribution in [3.8, 4) is 11.6 Å². The van der Waals surface area contributed by atoms with Gasteiger partial charge in [-0.25, -0.2) is 9.97 Å². The summed E-state index contributed by atoms with van der Waals surface area (Å²) in [5, 5.41) is 0.601. The highest BCUT2D eigenvalue weighted by Crippen LogP contribution is 2.32. The number of benzene rings is 1. The van der Waals surface area contributed by atoms with Crippen molar-refractivity contribution in [1.29, 1.82) is 0 Å². The van der Waals surface area contributed by atoms with Crippen molar-refractivity contribution in [1.82, 2.24) is 9.97 Å². The molecule has 17 heavy (non-hydrogen) atoms. The number of anilines is 1. The van der Waals surface area contributed by atoms with Gasteiger partial charge in [-0.05, 0) is 40.5 Å². The molecule has 88 valence electrons. The second kappa shape index (κ2) is 4.89. The van der Waals surface area contributed by atoms with Crippen molar-refractivity contribution in [3.63, 3.8) is 0 Å². The van der Waals surface area contributed by atoms with Gasteiger partial charge >= 0.3 is 0 Å². The van der Waals surface area contributed by atoms with Gasteiger partial charge in [-0.1, -0.05) is 17.7 Å². The Bertz CT molecular complexity index is 562. The average molecular weight is 315 g/mol. The molecule has 1 aromatic carbocycles. The highest BCUT2D eigenvalue weighted by atomic mass is 79.9. The third-order valence-corrected chi connectivity index (χ3v) is 3.12. The number of nitrogens with two attached hydrogens (primary N) is 1. The van der Waals surface area contributed by atoms with Gasteiger partial charge in [0.1, 0.15) is 22.4 Å². The zero-order valence-electron chi connectivity index (χ0n) is 8.95. The van der Waals surface area contributed by atoms with E-state index in [-0.39, 0.29) is 0 Å². The van der Waals surface area contributed by atoms with E-state index in [9.17, 15) is 0 Å². The summed E-state index contributed by atoms with van der Waals surface area (Å²) in [6.45, 7) is 1.92. The molecule has 0 atom stereocenters. The zero-order chi connectivity index (χ0) is 12.4. The monoisotopic (exact) mass is 313 g/mol. The SMILES string of the molecule is Cc1ccc(Cl)cc1Oc1ncnc(N)c1Br. The van der Waals surface area contributed by atoms with E-state index < -0.39 is 0 Å². The molecule has 0 amide bonds. The molecule has 0 unspecified atom stereocenters. The van der Waals surface area contributed by atoms with Gasteiger partial charge in [-0.2, -0.15) is 0 Å². The van der Waals surface area contributed by atoms with Crippen LogP contribution in [0.15, 0.2) is 29.0 Å². The van der Waals surface area contributed by atoms with E-state index in [1.807, 2.05) is 13.0 Å². The second-order valence-corrected chi connectivity index (χ2v) is 4.62. The molecule has 1 heterocycles. The number of nitrogens with zero attached hydrogens (tertiary/aromatic N) is 2. The first-order chi connectivity index (χ1) is 8.08. The van der Waals surface area contributed by atoms with Gasteiger partial charge in [0.15, 0.2) is 0 Å². The van der Waals surface area contributed by atoms with Crippen LogP contribution in [0.5, 0.6) is 11.6 Å². The first-order valence-electron chi connectivity index (χ1n) is 4.78. The molecule has 0 bridgehead atoms. The Kier molecular flexibility index (Phi) is 3.49. The predicted octanol–water partition coefficient (Wildman–Crippen LogP) is 3.58. The van der Waals surface area contributed by atoms with Crippen LogP contribution in [0, 0.1) is 6.92 Å². The molecule has 0 aliphatic carbocycles. The fourth-order valence-electron chi connectivity index (χ4n) is 1.23. The molecular weight excluding hydrogens is 305 g/mol. The Hall–Kier alpha value is -1.33. The number of ether oxygens (including phenoxy) is 1. The van der Waals surface area contributed by atoms with Crippen molar-refractivity contribution in [2.75, 3.05) is 5.73 Å². The summed E-state index contributed by atoms with van der Waals surface area (Å²) in [5.41, 5.74) is 6.60. The van der Waals surface area contributed by atoms with Gasteiger partial charge in [0.25, 0.3) is 0 Å². The van der Waals surface area contributed by atoms with Crippen LogP contribution in [0.25, 0.3) is 0 Å². The second-order valence-electron chi connectivity index (χ2n) is 3.39. The summed E-state index contributed by atoms with van der Waals surface area (Å²) in [6, 6.07) is 5.39. The standard InChI is InChI=1S/C11H9BrClN3O/c1-6-2-3-7(13)4-8(6)17-11-9(12)10(14)15-5-16-11/h2-5H,1H3,(H2,14,15,16). The third-order valence-electron chi connectivity index (χ3n) is 2.14. The van der Waals surface area contributed by atoms with Crippen LogP contribution in [0.3, 0.4) is 0 Å². The van der Waals surface area contributed by atoms with Crippen LogP contribution in [0.1, 0.15) is 5.56 Å². The summed E-state index contributed by atoms with van der Waals surface area (Å²) in [6.07, 6.45) is 1.34. The van der Waals surface area contributed by atoms with Crippen molar-refractivity contribution in [2.45, 2.75) is 6.92 Å². The van der Waals surface area contributed by atoms with Gasteiger partial charge in [0.05, 0.1) is 0 Å². The van der Waals surface area contributed by atoms with Gasteiger partial charge in [0, 0.05) is 5.02 Å². The maximum absolute atomic E-state index is 5.90. The van der Waals surface area contributed by atoms with Crippen molar-refractivity contribution >= 4 is 33.3 Å². The molecule has 0 saturated carbocycles. The summed E-state index contributed by atoms with van der Waals surface area (Å²) in [7, 11) is 0. The van der Waals surface area contributed by atoms with E-state index in [0.717, 1.165) is 5.56 Å². The summed E-state index contributed by atoms with van der Waals surface area (Å²) in [5.74, 6) is 1.33. The van der Waals surface area contributed by atoms with Crippen molar-refractivity contribution < 1.29 is 4.74 Å². The highest BCUT2D eigenvalue weighted by Gasteiger charge is 2.10. The summed E-state index contributed by atoms with van der Waals surface area (Å²) in [4.78, 5) is 7.84. The lowest BCUT2D eigenvalue weighted by atomic mass is 10.2. The molecule has 0 aliphatic heterocycles. The maximum Gasteiger partial charge on any atom is 0.238 e. The molecule has 0 saturated heterocycles. The molecule has 0 radical (unpaired) electrons. The Morgan fingerprint density at radius 2 is 2.12 bits per heavy atom. The van der Waals surface area contributed by atoms with Crippen LogP contribution in [-0.2, 0) is 0 Å². The van der Waals surface area contributed by atoms with E-state index in [1.54, 1.807) is 12.1 Å². The molecule has 0 aliphatic rings. The molecule has 6 heteroatoms. The Morgan fingerprint density at radius 3 is 2.88 bits per heavy atom. The molecule has 2 rings (SSSR count). The van der Waals surface area contributed by atoms with E-state index in [2.05, 4.69) is 25.9 Å². The molecule has 1 aromatic heterocycles. The van der Waals surface area contributed by atoms with Crippen LogP contribution < -0.4 is 10.5 Å². The first kappa shape index (κ1) is 12.1. The van der Waals surface area contributed by atoms with E-state index >= 15 is 0 Å². The van der Waals surface area contributed by atoms with Crippen LogP contribution in [0.2, 0.25) is 5.02 Å². The highest BCUT2D eigenvalue weighted by molar-refractivity contribution is 9.10. The van der Waals surface area contributed by atoms with Crippen molar-refractivity contribution in [2.24, 2.45) is 0 Å². The quantitative estimate of drug-likeness (QED) is 0.920. The molecular formula is C11H9BrClN3O. The Labute approximate surface area is 112 Å². The van der Waals surface area contributed by atoms with E-state index in [1.165, 1.54) is 6.33 Å². The number of nitrogen functional groups attached to an aromatic ring is 1. The third kappa shape index (κ3) is 2.68. The minimum Gasteiger partial charge on any atom is -0.437 e. The largest absolute Gasteiger partial charge is 0.437 e. The Morgan fingerprint density at radius 1 is 1.35 bits per heavy atom. The van der Waals surface area contributed by atoms with Crippen molar-refractivity contribution in [3.05, 3.63) is 39.6 Å². The molecule has 4 nitrogen and oxygen atoms in total. The topological polar surface area (TPSA) is 61.0 Å². The minimum atomic E-state index is 0.328. The molecule has 2 N–H and O–H groups in total. The van der Waals surface area contributed by atoms with E-state index in [4.69, 9.17) is 22.1 Å². The lowest BCUT2D eigenvalue weighted by Crippen LogP contribution is -1.97. The number of halogens is 2. The van der Waals surface area contributed by atoms with Crippen LogP contribution >= 0.6 is 27.5 Å². The number of hydrogen-bond donors (Lipinski definition) is 1. The number of aromatic nitrogens is 2. The lowest BCUT2D eigenvalue weighted by Gasteiger charge is -2.09. The Balaban J connectivity index is 2.38. The smallest absolute Gasteiger partial charge is 0.238 e.